The average molecular weight is 194 g/mol. The number of hydrogen-bond donors (Lipinski definition) is 0. The first-order valence-corrected chi connectivity index (χ1v) is 4.97. The standard InChI is InChI=1S/C8H14N6/c9-13-11-7-5-3-1-2-4-6-8(7)12-14-10/h7-8H,1-6H2/t7-,8-/m0/s1. The molecule has 1 fully saturated rings. The lowest BCUT2D eigenvalue weighted by Gasteiger charge is -2.21. The molecular formula is C8H14N6. The van der Waals surface area contributed by atoms with Crippen molar-refractivity contribution in [1.29, 1.82) is 0 Å². The van der Waals surface area contributed by atoms with Gasteiger partial charge in [-0.05, 0) is 23.9 Å². The number of hydrogen-bond acceptors (Lipinski definition) is 2. The predicted molar refractivity (Wildman–Crippen MR) is 53.6 cm³/mol. The fourth-order valence-electron chi connectivity index (χ4n) is 1.85. The summed E-state index contributed by atoms with van der Waals surface area (Å²) in [6.07, 6.45) is 6.16. The van der Waals surface area contributed by atoms with Gasteiger partial charge >= 0.3 is 0 Å². The van der Waals surface area contributed by atoms with E-state index < -0.39 is 0 Å². The highest BCUT2D eigenvalue weighted by atomic mass is 15.2. The molecule has 0 radical (unpaired) electrons. The first-order chi connectivity index (χ1) is 6.88. The SMILES string of the molecule is [N-]=[N+]=N[C@H]1CCCCCC[C@@H]1N=[N+]=[N-]. The molecule has 14 heavy (non-hydrogen) atoms. The molecule has 0 heterocycles. The van der Waals surface area contributed by atoms with Crippen molar-refractivity contribution in [1.82, 2.24) is 0 Å². The largest absolute Gasteiger partial charge is 0.0902 e. The minimum absolute atomic E-state index is 0.142. The number of azide groups is 2. The Balaban J connectivity index is 2.69. The van der Waals surface area contributed by atoms with Gasteiger partial charge in [0.2, 0.25) is 0 Å². The molecule has 0 saturated heterocycles. The smallest absolute Gasteiger partial charge is 0.0458 e. The lowest BCUT2D eigenvalue weighted by atomic mass is 9.93. The van der Waals surface area contributed by atoms with Crippen LogP contribution in [-0.4, -0.2) is 12.1 Å². The van der Waals surface area contributed by atoms with Crippen molar-refractivity contribution in [3.8, 4) is 0 Å². The Kier molecular flexibility index (Phi) is 4.69. The third-order valence-electron chi connectivity index (χ3n) is 2.59. The molecule has 2 atom stereocenters. The van der Waals surface area contributed by atoms with E-state index in [1.165, 1.54) is 12.8 Å². The van der Waals surface area contributed by atoms with Gasteiger partial charge in [-0.1, -0.05) is 35.9 Å². The Hall–Kier alpha value is -1.38. The van der Waals surface area contributed by atoms with Crippen molar-refractivity contribution in [3.63, 3.8) is 0 Å². The fraction of sp³-hybridized carbons (Fsp3) is 1.00. The molecule has 0 aromatic carbocycles. The van der Waals surface area contributed by atoms with Gasteiger partial charge in [0.15, 0.2) is 0 Å². The van der Waals surface area contributed by atoms with Crippen molar-refractivity contribution in [3.05, 3.63) is 20.9 Å². The van der Waals surface area contributed by atoms with Gasteiger partial charge in [-0.15, -0.1) is 0 Å². The summed E-state index contributed by atoms with van der Waals surface area (Å²) in [5, 5.41) is 7.40. The topological polar surface area (TPSA) is 97.5 Å². The molecule has 0 aromatic rings. The van der Waals surface area contributed by atoms with Crippen LogP contribution < -0.4 is 0 Å². The van der Waals surface area contributed by atoms with Gasteiger partial charge in [-0.3, -0.25) is 0 Å². The minimum Gasteiger partial charge on any atom is -0.0902 e. The third-order valence-corrected chi connectivity index (χ3v) is 2.59. The van der Waals surface area contributed by atoms with E-state index in [0.29, 0.717) is 0 Å². The normalized spacial score (nSPS) is 27.7. The molecule has 0 N–H and O–H groups in total. The Morgan fingerprint density at radius 3 is 1.57 bits per heavy atom. The molecule has 6 nitrogen and oxygen atoms in total. The van der Waals surface area contributed by atoms with Crippen LogP contribution in [0.15, 0.2) is 10.2 Å². The molecule has 76 valence electrons. The van der Waals surface area contributed by atoms with E-state index in [-0.39, 0.29) is 12.1 Å². The molecule has 1 aliphatic carbocycles. The van der Waals surface area contributed by atoms with Crippen molar-refractivity contribution < 1.29 is 0 Å². The Labute approximate surface area is 82.6 Å². The molecule has 6 heteroatoms. The summed E-state index contributed by atoms with van der Waals surface area (Å²) in [4.78, 5) is 5.61. The molecule has 0 bridgehead atoms. The van der Waals surface area contributed by atoms with Gasteiger partial charge in [0.05, 0.1) is 0 Å². The zero-order chi connectivity index (χ0) is 10.2. The maximum atomic E-state index is 8.39. The molecular weight excluding hydrogens is 180 g/mol. The maximum Gasteiger partial charge on any atom is 0.0458 e. The molecule has 1 rings (SSSR count). The van der Waals surface area contributed by atoms with E-state index >= 15 is 0 Å². The van der Waals surface area contributed by atoms with Gasteiger partial charge in [-0.25, -0.2) is 0 Å². The summed E-state index contributed by atoms with van der Waals surface area (Å²) in [5.41, 5.74) is 16.8. The molecule has 0 aliphatic heterocycles. The van der Waals surface area contributed by atoms with Crippen molar-refractivity contribution in [2.75, 3.05) is 0 Å². The Morgan fingerprint density at radius 1 is 0.786 bits per heavy atom. The summed E-state index contributed by atoms with van der Waals surface area (Å²) in [6, 6.07) is -0.285. The highest BCUT2D eigenvalue weighted by Crippen LogP contribution is 2.22. The second-order valence-corrected chi connectivity index (χ2v) is 3.54. The summed E-state index contributed by atoms with van der Waals surface area (Å²) >= 11 is 0. The van der Waals surface area contributed by atoms with Gasteiger partial charge in [-0.2, -0.15) is 0 Å². The van der Waals surface area contributed by atoms with Crippen LogP contribution in [0.4, 0.5) is 0 Å². The van der Waals surface area contributed by atoms with Gasteiger partial charge in [0, 0.05) is 21.9 Å². The first kappa shape index (κ1) is 10.7. The van der Waals surface area contributed by atoms with Crippen LogP contribution in [0.25, 0.3) is 20.9 Å². The van der Waals surface area contributed by atoms with Gasteiger partial charge < -0.3 is 0 Å². The van der Waals surface area contributed by atoms with E-state index in [4.69, 9.17) is 11.1 Å². The zero-order valence-corrected chi connectivity index (χ0v) is 8.08. The molecule has 0 amide bonds. The maximum absolute atomic E-state index is 8.39. The van der Waals surface area contributed by atoms with E-state index in [1.807, 2.05) is 0 Å². The molecule has 1 aliphatic rings. The zero-order valence-electron chi connectivity index (χ0n) is 8.08. The van der Waals surface area contributed by atoms with Crippen LogP contribution in [-0.2, 0) is 0 Å². The Bertz CT molecular complexity index is 235. The van der Waals surface area contributed by atoms with Gasteiger partial charge in [0.1, 0.15) is 0 Å². The van der Waals surface area contributed by atoms with E-state index in [9.17, 15) is 0 Å². The fourth-order valence-corrected chi connectivity index (χ4v) is 1.85. The predicted octanol–water partition coefficient (Wildman–Crippen LogP) is 3.70. The number of rotatable bonds is 2. The number of nitrogens with zero attached hydrogens (tertiary/aromatic N) is 6. The summed E-state index contributed by atoms with van der Waals surface area (Å²) in [6.45, 7) is 0. The van der Waals surface area contributed by atoms with E-state index in [0.717, 1.165) is 25.7 Å². The van der Waals surface area contributed by atoms with Crippen molar-refractivity contribution in [2.45, 2.75) is 50.6 Å². The van der Waals surface area contributed by atoms with Crippen molar-refractivity contribution in [2.24, 2.45) is 10.2 Å². The highest BCUT2D eigenvalue weighted by molar-refractivity contribution is 4.84. The van der Waals surface area contributed by atoms with Crippen LogP contribution in [0.5, 0.6) is 0 Å². The summed E-state index contributed by atoms with van der Waals surface area (Å²) in [7, 11) is 0. The van der Waals surface area contributed by atoms with Crippen LogP contribution in [0.3, 0.4) is 0 Å². The van der Waals surface area contributed by atoms with E-state index in [2.05, 4.69) is 20.1 Å². The molecule has 0 spiro atoms. The second-order valence-electron chi connectivity index (χ2n) is 3.54. The summed E-state index contributed by atoms with van der Waals surface area (Å²) < 4.78 is 0. The third kappa shape index (κ3) is 3.17. The monoisotopic (exact) mass is 194 g/mol. The van der Waals surface area contributed by atoms with Gasteiger partial charge in [0.25, 0.3) is 0 Å². The lowest BCUT2D eigenvalue weighted by Crippen LogP contribution is -2.23. The van der Waals surface area contributed by atoms with Crippen LogP contribution >= 0.6 is 0 Å². The minimum atomic E-state index is -0.142. The Morgan fingerprint density at radius 2 is 1.21 bits per heavy atom. The summed E-state index contributed by atoms with van der Waals surface area (Å²) in [5.74, 6) is 0. The second kappa shape index (κ2) is 6.13. The quantitative estimate of drug-likeness (QED) is 0.364. The van der Waals surface area contributed by atoms with E-state index in [1.54, 1.807) is 0 Å². The van der Waals surface area contributed by atoms with Crippen molar-refractivity contribution >= 4 is 0 Å². The average Bonchev–Trinajstić information content (AvgIpc) is 2.16. The van der Waals surface area contributed by atoms with Crippen LogP contribution in [0.2, 0.25) is 0 Å². The first-order valence-electron chi connectivity index (χ1n) is 4.97. The van der Waals surface area contributed by atoms with Crippen LogP contribution in [0, 0.1) is 0 Å². The molecule has 1 saturated carbocycles. The van der Waals surface area contributed by atoms with Crippen LogP contribution in [0.1, 0.15) is 38.5 Å². The molecule has 0 unspecified atom stereocenters. The highest BCUT2D eigenvalue weighted by Gasteiger charge is 2.20. The molecule has 0 aromatic heterocycles. The lowest BCUT2D eigenvalue weighted by molar-refractivity contribution is 0.402.